The van der Waals surface area contributed by atoms with Crippen molar-refractivity contribution in [3.8, 4) is 0 Å². The monoisotopic (exact) mass is 432 g/mol. The van der Waals surface area contributed by atoms with Gasteiger partial charge in [-0.15, -0.1) is 0 Å². The minimum atomic E-state index is -0.744. The lowest BCUT2D eigenvalue weighted by molar-refractivity contribution is -0.123. The Balaban J connectivity index is 1.47. The van der Waals surface area contributed by atoms with Gasteiger partial charge < -0.3 is 10.6 Å². The van der Waals surface area contributed by atoms with Crippen LogP contribution in [0.3, 0.4) is 0 Å². The van der Waals surface area contributed by atoms with Gasteiger partial charge in [-0.2, -0.15) is 0 Å². The Labute approximate surface area is 184 Å². The predicted molar refractivity (Wildman–Crippen MR) is 120 cm³/mol. The van der Waals surface area contributed by atoms with Gasteiger partial charge >= 0.3 is 6.03 Å². The van der Waals surface area contributed by atoms with Crippen LogP contribution in [-0.2, 0) is 9.59 Å². The number of nitrogens with one attached hydrogen (secondary N) is 3. The molecule has 1 unspecified atom stereocenters. The van der Waals surface area contributed by atoms with Gasteiger partial charge in [-0.05, 0) is 48.9 Å². The van der Waals surface area contributed by atoms with Gasteiger partial charge in [-0.25, -0.2) is 19.6 Å². The lowest BCUT2D eigenvalue weighted by Gasteiger charge is -2.19. The average molecular weight is 432 g/mol. The van der Waals surface area contributed by atoms with E-state index in [9.17, 15) is 18.8 Å². The highest BCUT2D eigenvalue weighted by molar-refractivity contribution is 6.09. The fourth-order valence-corrected chi connectivity index (χ4v) is 3.57. The van der Waals surface area contributed by atoms with Gasteiger partial charge in [0.25, 0.3) is 5.91 Å². The number of rotatable bonds is 5. The van der Waals surface area contributed by atoms with Crippen LogP contribution >= 0.6 is 0 Å². The molecular formula is C24H21FN4O3. The zero-order chi connectivity index (χ0) is 22.7. The van der Waals surface area contributed by atoms with E-state index in [1.807, 2.05) is 19.1 Å². The van der Waals surface area contributed by atoms with Crippen molar-refractivity contribution >= 4 is 34.9 Å². The van der Waals surface area contributed by atoms with E-state index in [1.165, 1.54) is 18.2 Å². The van der Waals surface area contributed by atoms with Crippen molar-refractivity contribution in [3.63, 3.8) is 0 Å². The molecule has 0 fully saturated rings. The van der Waals surface area contributed by atoms with Crippen LogP contribution in [0.4, 0.5) is 26.2 Å². The lowest BCUT2D eigenvalue weighted by atomic mass is 9.97. The summed E-state index contributed by atoms with van der Waals surface area (Å²) in [7, 11) is 0. The average Bonchev–Trinajstić information content (AvgIpc) is 3.01. The molecule has 0 saturated heterocycles. The number of anilines is 3. The van der Waals surface area contributed by atoms with Crippen LogP contribution in [0.15, 0.2) is 72.8 Å². The molecule has 1 aliphatic heterocycles. The Morgan fingerprint density at radius 2 is 1.69 bits per heavy atom. The van der Waals surface area contributed by atoms with Crippen molar-refractivity contribution < 1.29 is 18.8 Å². The van der Waals surface area contributed by atoms with Gasteiger partial charge in [0.05, 0.1) is 11.6 Å². The van der Waals surface area contributed by atoms with Gasteiger partial charge in [-0.1, -0.05) is 42.0 Å². The number of hydrogen-bond acceptors (Lipinski definition) is 3. The summed E-state index contributed by atoms with van der Waals surface area (Å²) in [6.07, 6.45) is -0.0760. The Bertz CT molecular complexity index is 1180. The van der Waals surface area contributed by atoms with Gasteiger partial charge in [0, 0.05) is 17.8 Å². The van der Waals surface area contributed by atoms with E-state index in [4.69, 9.17) is 0 Å². The number of benzene rings is 3. The van der Waals surface area contributed by atoms with E-state index in [2.05, 4.69) is 16.1 Å². The molecule has 3 N–H and O–H groups in total. The Morgan fingerprint density at radius 1 is 0.938 bits per heavy atom. The molecule has 1 atom stereocenters. The molecule has 0 aliphatic carbocycles. The second-order valence-electron chi connectivity index (χ2n) is 7.48. The Kier molecular flexibility index (Phi) is 5.85. The van der Waals surface area contributed by atoms with E-state index < -0.39 is 23.7 Å². The van der Waals surface area contributed by atoms with Gasteiger partial charge in [0.2, 0.25) is 5.91 Å². The molecule has 0 bridgehead atoms. The Hall–Kier alpha value is -4.20. The third kappa shape index (κ3) is 4.59. The molecule has 3 aromatic carbocycles. The van der Waals surface area contributed by atoms with Crippen molar-refractivity contribution in [2.45, 2.75) is 19.3 Å². The highest BCUT2D eigenvalue weighted by atomic mass is 19.1. The number of carbonyl (C=O) groups excluding carboxylic acids is 3. The van der Waals surface area contributed by atoms with Crippen LogP contribution < -0.4 is 21.1 Å². The third-order valence-electron chi connectivity index (χ3n) is 5.09. The van der Waals surface area contributed by atoms with Crippen LogP contribution in [-0.4, -0.2) is 17.8 Å². The molecule has 0 radical (unpaired) electrons. The minimum absolute atomic E-state index is 0.0760. The zero-order valence-corrected chi connectivity index (χ0v) is 17.3. The van der Waals surface area contributed by atoms with E-state index in [0.717, 1.165) is 16.6 Å². The fraction of sp³-hybridized carbons (Fsp3) is 0.125. The van der Waals surface area contributed by atoms with Crippen LogP contribution in [0.1, 0.15) is 23.5 Å². The number of hydrazine groups is 1. The molecular weight excluding hydrogens is 411 g/mol. The second-order valence-corrected chi connectivity index (χ2v) is 7.48. The summed E-state index contributed by atoms with van der Waals surface area (Å²) in [5.41, 5.74) is 5.58. The first-order valence-corrected chi connectivity index (χ1v) is 10.0. The van der Waals surface area contributed by atoms with Crippen molar-refractivity contribution in [2.75, 3.05) is 15.6 Å². The maximum Gasteiger partial charge on any atom is 0.338 e. The maximum atomic E-state index is 13.4. The highest BCUT2D eigenvalue weighted by Crippen LogP contribution is 2.38. The molecule has 8 heteroatoms. The summed E-state index contributed by atoms with van der Waals surface area (Å²) < 4.78 is 13.4. The minimum Gasteiger partial charge on any atom is -0.326 e. The summed E-state index contributed by atoms with van der Waals surface area (Å²) in [5, 5.41) is 6.41. The molecule has 162 valence electrons. The van der Waals surface area contributed by atoms with Crippen molar-refractivity contribution in [2.24, 2.45) is 0 Å². The van der Waals surface area contributed by atoms with Gasteiger partial charge in [-0.3, -0.25) is 9.59 Å². The first-order valence-electron chi connectivity index (χ1n) is 10.0. The van der Waals surface area contributed by atoms with Gasteiger partial charge in [0.15, 0.2) is 0 Å². The van der Waals surface area contributed by atoms with E-state index in [0.29, 0.717) is 16.9 Å². The lowest BCUT2D eigenvalue weighted by Crippen LogP contribution is -2.47. The number of urea groups is 1. The number of aryl methyl sites for hydroxylation is 1. The summed E-state index contributed by atoms with van der Waals surface area (Å²) in [6.45, 7) is 1.95. The summed E-state index contributed by atoms with van der Waals surface area (Å²) in [6, 6.07) is 19.0. The molecule has 0 spiro atoms. The zero-order valence-electron chi connectivity index (χ0n) is 17.3. The maximum absolute atomic E-state index is 13.4. The van der Waals surface area contributed by atoms with Gasteiger partial charge in [0.1, 0.15) is 5.82 Å². The molecule has 4 amide bonds. The number of para-hydroxylation sites is 1. The van der Waals surface area contributed by atoms with Crippen molar-refractivity contribution in [1.29, 1.82) is 0 Å². The molecule has 32 heavy (non-hydrogen) atoms. The molecule has 0 aromatic heterocycles. The Morgan fingerprint density at radius 3 is 2.44 bits per heavy atom. The number of carbonyl (C=O) groups is 3. The topological polar surface area (TPSA) is 90.5 Å². The standard InChI is InChI=1S/C24H21FN4O3/c1-15-9-11-17(12-10-15)26-22(30)14-20-19-7-2-3-8-21(19)29(23(20)31)28-24(32)27-18-6-4-5-16(25)13-18/h2-13,20H,14H2,1H3,(H,26,30)(H2,27,28,32). The second kappa shape index (κ2) is 8.89. The molecule has 7 nitrogen and oxygen atoms in total. The summed E-state index contributed by atoms with van der Waals surface area (Å²) >= 11 is 0. The SMILES string of the molecule is Cc1ccc(NC(=O)CC2C(=O)N(NC(=O)Nc3cccc(F)c3)c3ccccc32)cc1. The normalized spacial score (nSPS) is 14.6. The summed E-state index contributed by atoms with van der Waals surface area (Å²) in [5.74, 6) is -1.98. The molecule has 4 rings (SSSR count). The number of amides is 4. The van der Waals surface area contributed by atoms with Crippen LogP contribution in [0.2, 0.25) is 0 Å². The quantitative estimate of drug-likeness (QED) is 0.561. The first-order chi connectivity index (χ1) is 15.4. The van der Waals surface area contributed by atoms with Crippen molar-refractivity contribution in [3.05, 3.63) is 89.7 Å². The van der Waals surface area contributed by atoms with Crippen LogP contribution in [0.5, 0.6) is 0 Å². The fourth-order valence-electron chi connectivity index (χ4n) is 3.57. The third-order valence-corrected chi connectivity index (χ3v) is 5.09. The van der Waals surface area contributed by atoms with E-state index in [-0.39, 0.29) is 18.0 Å². The molecule has 3 aromatic rings. The van der Waals surface area contributed by atoms with Crippen molar-refractivity contribution in [1.82, 2.24) is 5.43 Å². The van der Waals surface area contributed by atoms with E-state index in [1.54, 1.807) is 36.4 Å². The van der Waals surface area contributed by atoms with E-state index >= 15 is 0 Å². The molecule has 1 heterocycles. The number of fused-ring (bicyclic) bond motifs is 1. The first kappa shape index (κ1) is 21.0. The molecule has 0 saturated carbocycles. The van der Waals surface area contributed by atoms with Crippen LogP contribution in [0.25, 0.3) is 0 Å². The largest absolute Gasteiger partial charge is 0.338 e. The number of hydrogen-bond donors (Lipinski definition) is 3. The predicted octanol–water partition coefficient (Wildman–Crippen LogP) is 4.33. The summed E-state index contributed by atoms with van der Waals surface area (Å²) in [4.78, 5) is 38.1. The number of halogens is 1. The van der Waals surface area contributed by atoms with Crippen LogP contribution in [0, 0.1) is 12.7 Å². The molecule has 1 aliphatic rings. The smallest absolute Gasteiger partial charge is 0.326 e. The highest BCUT2D eigenvalue weighted by Gasteiger charge is 2.39. The number of nitrogens with zero attached hydrogens (tertiary/aromatic N) is 1.